The molecule has 1 aromatic rings. The fraction of sp³-hybridized carbons (Fsp3) is 0.417. The monoisotopic (exact) mass is 246 g/mol. The fourth-order valence-corrected chi connectivity index (χ4v) is 2.09. The number of alkyl halides is 2. The first-order chi connectivity index (χ1) is 7.15. The molecule has 4 heteroatoms. The zero-order valence-electron chi connectivity index (χ0n) is 9.67. The summed E-state index contributed by atoms with van der Waals surface area (Å²) in [6, 6.07) is 6.40. The Labute approximate surface area is 95.5 Å². The second-order valence-corrected chi connectivity index (χ2v) is 7.04. The number of benzene rings is 1. The minimum absolute atomic E-state index is 0.0502. The second kappa shape index (κ2) is 4.17. The molecule has 16 heavy (non-hydrogen) atoms. The van der Waals surface area contributed by atoms with Crippen molar-refractivity contribution in [3.63, 3.8) is 0 Å². The Bertz CT molecular complexity index is 453. The Hall–Kier alpha value is -0.900. The lowest BCUT2D eigenvalue weighted by Crippen LogP contribution is -2.13. The van der Waals surface area contributed by atoms with Crippen molar-refractivity contribution in [2.75, 3.05) is 0 Å². The highest BCUT2D eigenvalue weighted by molar-refractivity contribution is 8.00. The van der Waals surface area contributed by atoms with Crippen LogP contribution >= 0.6 is 0 Å². The van der Waals surface area contributed by atoms with Gasteiger partial charge in [0.2, 0.25) is 0 Å². The van der Waals surface area contributed by atoms with Gasteiger partial charge in [0.05, 0.1) is 9.52 Å². The smallest absolute Gasteiger partial charge is 0.258 e. The molecule has 1 aromatic carbocycles. The van der Waals surface area contributed by atoms with E-state index in [1.807, 2.05) is 20.8 Å². The topological polar surface area (TPSA) is 17.1 Å². The van der Waals surface area contributed by atoms with Crippen molar-refractivity contribution < 1.29 is 13.0 Å². The molecule has 0 aromatic heterocycles. The Kier molecular flexibility index (Phi) is 3.43. The summed E-state index contributed by atoms with van der Waals surface area (Å²) in [6.45, 7) is 6.07. The van der Waals surface area contributed by atoms with Gasteiger partial charge in [0.25, 0.3) is 0 Å². The maximum absolute atomic E-state index is 12.5. The molecule has 0 aliphatic heterocycles. The summed E-state index contributed by atoms with van der Waals surface area (Å²) in [5.41, 5.74) is 0.964. The number of hydrogen-bond acceptors (Lipinski definition) is 1. The average Bonchev–Trinajstić information content (AvgIpc) is 2.16. The maximum atomic E-state index is 12.5. The predicted octanol–water partition coefficient (Wildman–Crippen LogP) is 3.28. The van der Waals surface area contributed by atoms with Crippen LogP contribution in [-0.4, -0.2) is 15.8 Å². The van der Waals surface area contributed by atoms with Crippen molar-refractivity contribution in [3.8, 4) is 0 Å². The minimum atomic E-state index is -3.47. The van der Waals surface area contributed by atoms with Crippen molar-refractivity contribution in [2.45, 2.75) is 36.8 Å². The van der Waals surface area contributed by atoms with E-state index in [-0.39, 0.29) is 10.3 Å². The van der Waals surface area contributed by atoms with Crippen LogP contribution in [0.1, 0.15) is 26.3 Å². The molecule has 0 saturated carbocycles. The summed E-state index contributed by atoms with van der Waals surface area (Å²) in [7, 11) is -3.47. The van der Waals surface area contributed by atoms with Crippen LogP contribution < -0.4 is 0 Å². The van der Waals surface area contributed by atoms with Crippen LogP contribution in [0.2, 0.25) is 0 Å². The normalized spacial score (nSPS) is 16.1. The summed E-state index contributed by atoms with van der Waals surface area (Å²) in [5, 5.41) is 0. The van der Waals surface area contributed by atoms with Crippen LogP contribution in [0.3, 0.4) is 0 Å². The first-order valence-electron chi connectivity index (χ1n) is 4.90. The average molecular weight is 246 g/mol. The van der Waals surface area contributed by atoms with E-state index in [1.54, 1.807) is 12.1 Å². The molecular weight excluding hydrogens is 230 g/mol. The first kappa shape index (κ1) is 13.2. The quantitative estimate of drug-likeness (QED) is 0.732. The van der Waals surface area contributed by atoms with Crippen LogP contribution in [0.25, 0.3) is 0 Å². The van der Waals surface area contributed by atoms with Gasteiger partial charge >= 0.3 is 5.76 Å². The van der Waals surface area contributed by atoms with Crippen LogP contribution in [0.5, 0.6) is 0 Å². The third kappa shape index (κ3) is 2.61. The van der Waals surface area contributed by atoms with E-state index >= 15 is 0 Å². The van der Waals surface area contributed by atoms with Crippen molar-refractivity contribution in [3.05, 3.63) is 29.8 Å². The molecule has 0 amide bonds. The molecule has 1 rings (SSSR count). The molecular formula is C12H16F2OS. The van der Waals surface area contributed by atoms with Gasteiger partial charge in [-0.25, -0.2) is 0 Å². The molecule has 1 unspecified atom stereocenters. The van der Waals surface area contributed by atoms with E-state index in [0.717, 1.165) is 5.56 Å². The highest BCUT2D eigenvalue weighted by atomic mass is 32.2. The zero-order chi connectivity index (χ0) is 12.6. The number of rotatable bonds is 2. The lowest BCUT2D eigenvalue weighted by atomic mass is 9.87. The Balaban J connectivity index is 3.15. The molecule has 90 valence electrons. The van der Waals surface area contributed by atoms with Crippen molar-refractivity contribution >= 4 is 15.4 Å². The first-order valence-corrected chi connectivity index (χ1v) is 6.69. The van der Waals surface area contributed by atoms with E-state index in [0.29, 0.717) is 0 Å². The Morgan fingerprint density at radius 3 is 1.94 bits per heavy atom. The van der Waals surface area contributed by atoms with Gasteiger partial charge in [0.1, 0.15) is 0 Å². The van der Waals surface area contributed by atoms with Gasteiger partial charge in [0.15, 0.2) is 0 Å². The lowest BCUT2D eigenvalue weighted by molar-refractivity contribution is 0.243. The molecule has 0 N–H and O–H groups in total. The molecule has 0 spiro atoms. The number of halogens is 2. The van der Waals surface area contributed by atoms with Crippen LogP contribution in [0.4, 0.5) is 8.78 Å². The minimum Gasteiger partial charge on any atom is -0.258 e. The molecule has 0 saturated heterocycles. The summed E-state index contributed by atoms with van der Waals surface area (Å²) < 4.78 is 36.6. The third-order valence-corrected chi connectivity index (χ3v) is 4.05. The van der Waals surface area contributed by atoms with Crippen molar-refractivity contribution in [1.82, 2.24) is 0 Å². The summed E-state index contributed by atoms with van der Waals surface area (Å²) in [4.78, 5) is 0.107. The third-order valence-electron chi connectivity index (χ3n) is 2.41. The molecule has 0 bridgehead atoms. The van der Waals surface area contributed by atoms with Gasteiger partial charge in [-0.05, 0) is 29.0 Å². The Morgan fingerprint density at radius 1 is 1.19 bits per heavy atom. The molecule has 0 heterocycles. The standard InChI is InChI=1S/C12H16F2OS/c1-12(2,3)9-5-7-10(8-6-9)16(4,15)11(13)14/h5-8,11H,4H2,1-3H3. The molecule has 1 atom stereocenters. The molecule has 0 aliphatic rings. The summed E-state index contributed by atoms with van der Waals surface area (Å²) in [5.74, 6) is 0.186. The van der Waals surface area contributed by atoms with Gasteiger partial charge < -0.3 is 0 Å². The van der Waals surface area contributed by atoms with Crippen molar-refractivity contribution in [2.24, 2.45) is 0 Å². The largest absolute Gasteiger partial charge is 0.308 e. The van der Waals surface area contributed by atoms with E-state index in [4.69, 9.17) is 0 Å². The van der Waals surface area contributed by atoms with Crippen LogP contribution in [-0.2, 0) is 14.9 Å². The summed E-state index contributed by atoms with van der Waals surface area (Å²) in [6.07, 6.45) is 0. The van der Waals surface area contributed by atoms with E-state index in [1.165, 1.54) is 12.1 Å². The van der Waals surface area contributed by atoms with Crippen LogP contribution in [0.15, 0.2) is 29.2 Å². The lowest BCUT2D eigenvalue weighted by Gasteiger charge is -2.19. The van der Waals surface area contributed by atoms with Gasteiger partial charge in [0, 0.05) is 4.90 Å². The highest BCUT2D eigenvalue weighted by Gasteiger charge is 2.20. The summed E-state index contributed by atoms with van der Waals surface area (Å²) >= 11 is 0. The Morgan fingerprint density at radius 2 is 1.62 bits per heavy atom. The molecule has 0 radical (unpaired) electrons. The zero-order valence-corrected chi connectivity index (χ0v) is 10.5. The van der Waals surface area contributed by atoms with Gasteiger partial charge in [-0.2, -0.15) is 8.78 Å². The SMILES string of the molecule is C=S(=O)(c1ccc(C(C)(C)C)cc1)C(F)F. The molecule has 0 fully saturated rings. The van der Waals surface area contributed by atoms with Crippen LogP contribution in [0, 0.1) is 0 Å². The molecule has 1 nitrogen and oxygen atoms in total. The van der Waals surface area contributed by atoms with Gasteiger partial charge in [-0.15, -0.1) is 0 Å². The number of hydrogen-bond donors (Lipinski definition) is 0. The van der Waals surface area contributed by atoms with Gasteiger partial charge in [-0.1, -0.05) is 32.9 Å². The molecule has 0 aliphatic carbocycles. The van der Waals surface area contributed by atoms with E-state index in [9.17, 15) is 13.0 Å². The maximum Gasteiger partial charge on any atom is 0.308 e. The van der Waals surface area contributed by atoms with E-state index in [2.05, 4.69) is 5.87 Å². The second-order valence-electron chi connectivity index (χ2n) is 4.76. The highest BCUT2D eigenvalue weighted by Crippen LogP contribution is 2.25. The predicted molar refractivity (Wildman–Crippen MR) is 64.7 cm³/mol. The van der Waals surface area contributed by atoms with Crippen molar-refractivity contribution in [1.29, 1.82) is 0 Å². The van der Waals surface area contributed by atoms with E-state index < -0.39 is 15.3 Å². The fourth-order valence-electron chi connectivity index (χ4n) is 1.29. The van der Waals surface area contributed by atoms with Gasteiger partial charge in [-0.3, -0.25) is 4.21 Å².